The minimum Gasteiger partial charge on any atom is -0.0622 e. The molecule has 0 atom stereocenters. The monoisotopic (exact) mass is 283 g/mol. The molecule has 20 heavy (non-hydrogen) atoms. The normalized spacial score (nSPS) is 10.1. The van der Waals surface area contributed by atoms with Crippen molar-refractivity contribution in [1.82, 2.24) is 0 Å². The van der Waals surface area contributed by atoms with E-state index in [0.29, 0.717) is 5.92 Å². The predicted molar refractivity (Wildman–Crippen MR) is 80.3 cm³/mol. The van der Waals surface area contributed by atoms with Gasteiger partial charge >= 0.3 is 51.4 Å². The van der Waals surface area contributed by atoms with Crippen molar-refractivity contribution in [3.05, 3.63) is 108 Å². The first-order valence-corrected chi connectivity index (χ1v) is 6.60. The molecular weight excluding hydrogens is 267 g/mol. The number of hydrogen-bond acceptors (Lipinski definition) is 0. The van der Waals surface area contributed by atoms with E-state index in [1.807, 2.05) is 0 Å². The van der Waals surface area contributed by atoms with Crippen LogP contribution < -0.4 is 51.4 Å². The van der Waals surface area contributed by atoms with Crippen LogP contribution in [0.3, 0.4) is 0 Å². The van der Waals surface area contributed by atoms with Gasteiger partial charge in [0.05, 0.1) is 0 Å². The number of benzene rings is 3. The molecule has 0 saturated carbocycles. The third kappa shape index (κ3) is 3.69. The van der Waals surface area contributed by atoms with E-state index >= 15 is 0 Å². The van der Waals surface area contributed by atoms with Gasteiger partial charge in [-0.25, -0.2) is 0 Å². The Hall–Kier alpha value is -0.704. The zero-order valence-corrected chi connectivity index (χ0v) is 14.9. The zero-order valence-electron chi connectivity index (χ0n) is 11.7. The summed E-state index contributed by atoms with van der Waals surface area (Å²) in [6.07, 6.45) is 0. The second-order valence-corrected chi connectivity index (χ2v) is 4.67. The van der Waals surface area contributed by atoms with Gasteiger partial charge in [0.25, 0.3) is 0 Å². The summed E-state index contributed by atoms with van der Waals surface area (Å²) in [5.74, 6) is 0.309. The second kappa shape index (κ2) is 7.92. The fourth-order valence-electron chi connectivity index (χ4n) is 2.51. The molecule has 3 rings (SSSR count). The SMILES string of the molecule is [K+].c1ccc(C(c2ccccc2)c2ccccc2)cc1. The average molecular weight is 283 g/mol. The van der Waals surface area contributed by atoms with Crippen LogP contribution in [0.1, 0.15) is 22.6 Å². The first-order chi connectivity index (χ1) is 9.45. The molecular formula is C19H16K+. The van der Waals surface area contributed by atoms with Crippen molar-refractivity contribution in [3.8, 4) is 0 Å². The van der Waals surface area contributed by atoms with Crippen molar-refractivity contribution in [1.29, 1.82) is 0 Å². The molecule has 0 radical (unpaired) electrons. The largest absolute Gasteiger partial charge is 1.00 e. The van der Waals surface area contributed by atoms with Crippen LogP contribution in [-0.2, 0) is 0 Å². The molecule has 0 spiro atoms. The smallest absolute Gasteiger partial charge is 0.0622 e. The molecule has 1 heteroatoms. The van der Waals surface area contributed by atoms with Gasteiger partial charge < -0.3 is 0 Å². The van der Waals surface area contributed by atoms with Gasteiger partial charge in [-0.15, -0.1) is 0 Å². The summed E-state index contributed by atoms with van der Waals surface area (Å²) in [6.45, 7) is 0. The van der Waals surface area contributed by atoms with Gasteiger partial charge in [-0.3, -0.25) is 0 Å². The maximum absolute atomic E-state index is 2.20. The summed E-state index contributed by atoms with van der Waals surface area (Å²) in [7, 11) is 0. The van der Waals surface area contributed by atoms with Crippen LogP contribution in [0.5, 0.6) is 0 Å². The van der Waals surface area contributed by atoms with Gasteiger partial charge in [-0.1, -0.05) is 91.0 Å². The van der Waals surface area contributed by atoms with Crippen LogP contribution in [0.15, 0.2) is 91.0 Å². The van der Waals surface area contributed by atoms with E-state index in [9.17, 15) is 0 Å². The molecule has 0 bridgehead atoms. The number of rotatable bonds is 3. The molecule has 0 unspecified atom stereocenters. The van der Waals surface area contributed by atoms with Gasteiger partial charge in [0.2, 0.25) is 0 Å². The van der Waals surface area contributed by atoms with E-state index in [0.717, 1.165) is 0 Å². The van der Waals surface area contributed by atoms with Crippen molar-refractivity contribution in [3.63, 3.8) is 0 Å². The third-order valence-corrected chi connectivity index (χ3v) is 3.40. The van der Waals surface area contributed by atoms with E-state index in [1.165, 1.54) is 16.7 Å². The molecule has 0 nitrogen and oxygen atoms in total. The van der Waals surface area contributed by atoms with Crippen LogP contribution >= 0.6 is 0 Å². The maximum atomic E-state index is 2.20. The second-order valence-electron chi connectivity index (χ2n) is 4.67. The molecule has 0 fully saturated rings. The van der Waals surface area contributed by atoms with Crippen molar-refractivity contribution < 1.29 is 51.4 Å². The van der Waals surface area contributed by atoms with E-state index in [4.69, 9.17) is 0 Å². The first-order valence-electron chi connectivity index (χ1n) is 6.60. The van der Waals surface area contributed by atoms with Crippen LogP contribution in [0.4, 0.5) is 0 Å². The molecule has 0 heterocycles. The zero-order chi connectivity index (χ0) is 12.9. The van der Waals surface area contributed by atoms with Gasteiger partial charge in [-0.2, -0.15) is 0 Å². The van der Waals surface area contributed by atoms with Gasteiger partial charge in [-0.05, 0) is 16.7 Å². The van der Waals surface area contributed by atoms with Crippen molar-refractivity contribution in [2.45, 2.75) is 5.92 Å². The van der Waals surface area contributed by atoms with E-state index in [-0.39, 0.29) is 51.4 Å². The Bertz CT molecular complexity index is 524. The van der Waals surface area contributed by atoms with E-state index < -0.39 is 0 Å². The Morgan fingerprint density at radius 3 is 0.900 bits per heavy atom. The Labute approximate surface area is 163 Å². The summed E-state index contributed by atoms with van der Waals surface area (Å²) in [6, 6.07) is 32.0. The molecule has 3 aromatic carbocycles. The summed E-state index contributed by atoms with van der Waals surface area (Å²) in [5.41, 5.74) is 4.00. The quantitative estimate of drug-likeness (QED) is 0.508. The standard InChI is InChI=1S/C19H16.K/c1-4-10-16(11-5-1)19(17-12-6-2-7-13-17)18-14-8-3-9-15-18;/h1-15,19H;/q;+1. The first kappa shape index (κ1) is 15.7. The minimum absolute atomic E-state index is 0. The summed E-state index contributed by atoms with van der Waals surface area (Å²) < 4.78 is 0. The van der Waals surface area contributed by atoms with E-state index in [1.54, 1.807) is 0 Å². The van der Waals surface area contributed by atoms with Gasteiger partial charge in [0.15, 0.2) is 0 Å². The summed E-state index contributed by atoms with van der Waals surface area (Å²) in [4.78, 5) is 0. The molecule has 0 aliphatic carbocycles. The van der Waals surface area contributed by atoms with Crippen molar-refractivity contribution >= 4 is 0 Å². The molecule has 0 aliphatic heterocycles. The van der Waals surface area contributed by atoms with Crippen molar-refractivity contribution in [2.75, 3.05) is 0 Å². The Balaban J connectivity index is 0.00000147. The Morgan fingerprint density at radius 2 is 0.650 bits per heavy atom. The molecule has 0 saturated heterocycles. The Morgan fingerprint density at radius 1 is 0.400 bits per heavy atom. The van der Waals surface area contributed by atoms with Crippen LogP contribution in [0.2, 0.25) is 0 Å². The summed E-state index contributed by atoms with van der Waals surface area (Å²) >= 11 is 0. The topological polar surface area (TPSA) is 0 Å². The fourth-order valence-corrected chi connectivity index (χ4v) is 2.51. The fraction of sp³-hybridized carbons (Fsp3) is 0.0526. The Kier molecular flexibility index (Phi) is 6.21. The molecule has 0 N–H and O–H groups in total. The van der Waals surface area contributed by atoms with Crippen molar-refractivity contribution in [2.24, 2.45) is 0 Å². The maximum Gasteiger partial charge on any atom is 1.00 e. The van der Waals surface area contributed by atoms with Gasteiger partial charge in [0, 0.05) is 5.92 Å². The number of hydrogen-bond donors (Lipinski definition) is 0. The van der Waals surface area contributed by atoms with Crippen LogP contribution in [0, 0.1) is 0 Å². The van der Waals surface area contributed by atoms with Gasteiger partial charge in [0.1, 0.15) is 0 Å². The van der Waals surface area contributed by atoms with Crippen LogP contribution in [-0.4, -0.2) is 0 Å². The predicted octanol–water partition coefficient (Wildman–Crippen LogP) is 1.87. The summed E-state index contributed by atoms with van der Waals surface area (Å²) in [5, 5.41) is 0. The third-order valence-electron chi connectivity index (χ3n) is 3.40. The molecule has 3 aromatic rings. The minimum atomic E-state index is 0. The average Bonchev–Trinajstić information content (AvgIpc) is 2.51. The molecule has 0 aliphatic rings. The van der Waals surface area contributed by atoms with E-state index in [2.05, 4.69) is 91.0 Å². The van der Waals surface area contributed by atoms with Crippen LogP contribution in [0.25, 0.3) is 0 Å². The molecule has 0 aromatic heterocycles. The molecule has 0 amide bonds. The molecule has 92 valence electrons.